The number of rotatable bonds is 6. The second-order valence-corrected chi connectivity index (χ2v) is 5.74. The normalized spacial score (nSPS) is 10.6. The van der Waals surface area contributed by atoms with Crippen LogP contribution in [0.15, 0.2) is 46.9 Å². The number of nitrogens with one attached hydrogen (secondary N) is 1. The lowest BCUT2D eigenvalue weighted by molar-refractivity contribution is 0.479. The van der Waals surface area contributed by atoms with E-state index in [0.717, 1.165) is 35.3 Å². The van der Waals surface area contributed by atoms with Crippen LogP contribution in [0.2, 0.25) is 5.02 Å². The standard InChI is InChI=1S/C16H17BrClNO/c1-2-9-19-11-12-7-8-16(14(18)10-12)20-15-6-4-3-5-13(15)17/h3-8,10,19H,2,9,11H2,1H3. The van der Waals surface area contributed by atoms with Crippen LogP contribution in [-0.4, -0.2) is 6.54 Å². The van der Waals surface area contributed by atoms with Gasteiger partial charge >= 0.3 is 0 Å². The average Bonchev–Trinajstić information content (AvgIpc) is 2.44. The van der Waals surface area contributed by atoms with Crippen LogP contribution >= 0.6 is 27.5 Å². The number of ether oxygens (including phenoxy) is 1. The van der Waals surface area contributed by atoms with Gasteiger partial charge < -0.3 is 10.1 Å². The summed E-state index contributed by atoms with van der Waals surface area (Å²) in [7, 11) is 0. The van der Waals surface area contributed by atoms with Crippen LogP contribution in [0.1, 0.15) is 18.9 Å². The molecule has 0 radical (unpaired) electrons. The zero-order valence-electron chi connectivity index (χ0n) is 11.3. The molecule has 0 amide bonds. The summed E-state index contributed by atoms with van der Waals surface area (Å²) in [5.41, 5.74) is 1.16. The van der Waals surface area contributed by atoms with E-state index in [1.807, 2.05) is 42.5 Å². The Balaban J connectivity index is 2.08. The Morgan fingerprint density at radius 3 is 2.65 bits per heavy atom. The lowest BCUT2D eigenvalue weighted by Gasteiger charge is -2.11. The number of para-hydroxylation sites is 1. The zero-order valence-corrected chi connectivity index (χ0v) is 13.7. The highest BCUT2D eigenvalue weighted by atomic mass is 79.9. The van der Waals surface area contributed by atoms with Crippen molar-refractivity contribution in [2.24, 2.45) is 0 Å². The first-order valence-electron chi connectivity index (χ1n) is 6.62. The van der Waals surface area contributed by atoms with Crippen molar-refractivity contribution < 1.29 is 4.74 Å². The predicted molar refractivity (Wildman–Crippen MR) is 87.7 cm³/mol. The Morgan fingerprint density at radius 1 is 1.15 bits per heavy atom. The minimum Gasteiger partial charge on any atom is -0.455 e. The summed E-state index contributed by atoms with van der Waals surface area (Å²) in [5, 5.41) is 3.97. The molecule has 0 unspecified atom stereocenters. The van der Waals surface area contributed by atoms with E-state index in [1.54, 1.807) is 0 Å². The molecule has 0 saturated heterocycles. The Kier molecular flexibility index (Phi) is 5.89. The molecule has 2 rings (SSSR count). The monoisotopic (exact) mass is 353 g/mol. The molecule has 0 fully saturated rings. The summed E-state index contributed by atoms with van der Waals surface area (Å²) in [5.74, 6) is 1.42. The summed E-state index contributed by atoms with van der Waals surface area (Å²) in [6, 6.07) is 13.6. The second kappa shape index (κ2) is 7.67. The van der Waals surface area contributed by atoms with E-state index >= 15 is 0 Å². The SMILES string of the molecule is CCCNCc1ccc(Oc2ccccc2Br)c(Cl)c1. The molecule has 0 saturated carbocycles. The van der Waals surface area contributed by atoms with E-state index in [4.69, 9.17) is 16.3 Å². The minimum absolute atomic E-state index is 0.622. The van der Waals surface area contributed by atoms with E-state index in [9.17, 15) is 0 Å². The van der Waals surface area contributed by atoms with Crippen LogP contribution in [0.25, 0.3) is 0 Å². The zero-order chi connectivity index (χ0) is 14.4. The van der Waals surface area contributed by atoms with Crippen molar-refractivity contribution in [3.8, 4) is 11.5 Å². The van der Waals surface area contributed by atoms with Gasteiger partial charge in [0.1, 0.15) is 11.5 Å². The average molecular weight is 355 g/mol. The van der Waals surface area contributed by atoms with Crippen LogP contribution in [0.5, 0.6) is 11.5 Å². The van der Waals surface area contributed by atoms with Crippen molar-refractivity contribution in [1.29, 1.82) is 0 Å². The lowest BCUT2D eigenvalue weighted by Crippen LogP contribution is -2.13. The number of halogens is 2. The van der Waals surface area contributed by atoms with Crippen molar-refractivity contribution >= 4 is 27.5 Å². The maximum atomic E-state index is 6.28. The van der Waals surface area contributed by atoms with E-state index in [-0.39, 0.29) is 0 Å². The fourth-order valence-corrected chi connectivity index (χ4v) is 2.40. The summed E-state index contributed by atoms with van der Waals surface area (Å²) in [6.45, 7) is 3.98. The Labute approximate surface area is 133 Å². The molecule has 0 atom stereocenters. The highest BCUT2D eigenvalue weighted by Crippen LogP contribution is 2.33. The van der Waals surface area contributed by atoms with Gasteiger partial charge in [0.25, 0.3) is 0 Å². The van der Waals surface area contributed by atoms with E-state index in [2.05, 4.69) is 28.2 Å². The molecule has 1 N–H and O–H groups in total. The molecule has 106 valence electrons. The van der Waals surface area contributed by atoms with Crippen molar-refractivity contribution in [2.45, 2.75) is 19.9 Å². The van der Waals surface area contributed by atoms with Gasteiger partial charge in [-0.05, 0) is 58.7 Å². The molecule has 2 aromatic rings. The molecule has 2 aromatic carbocycles. The second-order valence-electron chi connectivity index (χ2n) is 4.47. The number of hydrogen-bond acceptors (Lipinski definition) is 2. The molecule has 0 aliphatic heterocycles. The van der Waals surface area contributed by atoms with Gasteiger partial charge in [-0.25, -0.2) is 0 Å². The smallest absolute Gasteiger partial charge is 0.146 e. The van der Waals surface area contributed by atoms with Crippen LogP contribution in [-0.2, 0) is 6.54 Å². The molecule has 0 spiro atoms. The summed E-state index contributed by atoms with van der Waals surface area (Å²) in [6.07, 6.45) is 1.12. The summed E-state index contributed by atoms with van der Waals surface area (Å²) < 4.78 is 6.73. The first kappa shape index (κ1) is 15.4. The van der Waals surface area contributed by atoms with E-state index in [1.165, 1.54) is 0 Å². The van der Waals surface area contributed by atoms with Crippen LogP contribution in [0, 0.1) is 0 Å². The molecule has 0 bridgehead atoms. The van der Waals surface area contributed by atoms with Crippen LogP contribution < -0.4 is 10.1 Å². The maximum absolute atomic E-state index is 6.28. The quantitative estimate of drug-likeness (QED) is 0.702. The van der Waals surface area contributed by atoms with Gasteiger partial charge in [0.15, 0.2) is 0 Å². The van der Waals surface area contributed by atoms with Gasteiger partial charge in [0.05, 0.1) is 9.50 Å². The molecular weight excluding hydrogens is 338 g/mol. The Hall–Kier alpha value is -1.03. The topological polar surface area (TPSA) is 21.3 Å². The van der Waals surface area contributed by atoms with Gasteiger partial charge in [-0.15, -0.1) is 0 Å². The maximum Gasteiger partial charge on any atom is 0.146 e. The summed E-state index contributed by atoms with van der Waals surface area (Å²) in [4.78, 5) is 0. The van der Waals surface area contributed by atoms with Gasteiger partial charge in [0, 0.05) is 6.54 Å². The predicted octanol–water partition coefficient (Wildman–Crippen LogP) is 5.39. The molecule has 2 nitrogen and oxygen atoms in total. The van der Waals surface area contributed by atoms with Crippen LogP contribution in [0.4, 0.5) is 0 Å². The largest absolute Gasteiger partial charge is 0.455 e. The molecular formula is C16H17BrClNO. The highest BCUT2D eigenvalue weighted by molar-refractivity contribution is 9.10. The first-order chi connectivity index (χ1) is 9.70. The fraction of sp³-hybridized carbons (Fsp3) is 0.250. The van der Waals surface area contributed by atoms with Gasteiger partial charge in [0.2, 0.25) is 0 Å². The van der Waals surface area contributed by atoms with Crippen LogP contribution in [0.3, 0.4) is 0 Å². The van der Waals surface area contributed by atoms with Crippen molar-refractivity contribution in [2.75, 3.05) is 6.54 Å². The van der Waals surface area contributed by atoms with E-state index in [0.29, 0.717) is 10.8 Å². The number of hydrogen-bond donors (Lipinski definition) is 1. The molecule has 0 aromatic heterocycles. The van der Waals surface area contributed by atoms with Gasteiger partial charge in [-0.1, -0.05) is 36.7 Å². The highest BCUT2D eigenvalue weighted by Gasteiger charge is 2.06. The molecule has 0 heterocycles. The third-order valence-corrected chi connectivity index (χ3v) is 3.76. The molecule has 0 aliphatic rings. The van der Waals surface area contributed by atoms with Gasteiger partial charge in [-0.2, -0.15) is 0 Å². The number of benzene rings is 2. The Bertz CT molecular complexity index is 574. The third kappa shape index (κ3) is 4.23. The molecule has 4 heteroatoms. The van der Waals surface area contributed by atoms with Crippen molar-refractivity contribution in [3.63, 3.8) is 0 Å². The summed E-state index contributed by atoms with van der Waals surface area (Å²) >= 11 is 9.73. The Morgan fingerprint density at radius 2 is 1.95 bits per heavy atom. The molecule has 0 aliphatic carbocycles. The minimum atomic E-state index is 0.622. The van der Waals surface area contributed by atoms with Gasteiger partial charge in [-0.3, -0.25) is 0 Å². The van der Waals surface area contributed by atoms with E-state index < -0.39 is 0 Å². The lowest BCUT2D eigenvalue weighted by atomic mass is 10.2. The third-order valence-electron chi connectivity index (χ3n) is 2.81. The molecule has 20 heavy (non-hydrogen) atoms. The van der Waals surface area contributed by atoms with Crippen molar-refractivity contribution in [3.05, 3.63) is 57.5 Å². The fourth-order valence-electron chi connectivity index (χ4n) is 1.79. The first-order valence-corrected chi connectivity index (χ1v) is 7.79. The van der Waals surface area contributed by atoms with Crippen molar-refractivity contribution in [1.82, 2.24) is 5.32 Å².